The minimum absolute atomic E-state index is 0.0728. The standard InChI is InChI=1S/C12H12BrN3OS/c13-9-3-1-8(2-4-9)10(7-14)18-12-15-6-5-11(17)16-12/h1-6,10H,7,14H2,(H,15,16,17). The number of halogens is 1. The zero-order valence-electron chi connectivity index (χ0n) is 9.47. The maximum Gasteiger partial charge on any atom is 0.251 e. The molecular weight excluding hydrogens is 314 g/mol. The molecule has 0 aliphatic carbocycles. The van der Waals surface area contributed by atoms with Crippen LogP contribution >= 0.6 is 27.7 Å². The number of H-pyrrole nitrogens is 1. The number of nitrogens with zero attached hydrogens (tertiary/aromatic N) is 1. The molecule has 2 rings (SSSR count). The third-order valence-corrected chi connectivity index (χ3v) is 4.07. The average molecular weight is 326 g/mol. The third kappa shape index (κ3) is 3.44. The summed E-state index contributed by atoms with van der Waals surface area (Å²) in [4.78, 5) is 18.0. The topological polar surface area (TPSA) is 71.8 Å². The van der Waals surface area contributed by atoms with Crippen molar-refractivity contribution < 1.29 is 0 Å². The minimum atomic E-state index is -0.154. The molecule has 1 atom stereocenters. The normalized spacial score (nSPS) is 12.3. The number of nitrogens with two attached hydrogens (primary N) is 1. The van der Waals surface area contributed by atoms with E-state index in [2.05, 4.69) is 25.9 Å². The Labute approximate surface area is 117 Å². The first-order valence-electron chi connectivity index (χ1n) is 5.36. The molecule has 18 heavy (non-hydrogen) atoms. The van der Waals surface area contributed by atoms with Gasteiger partial charge in [0.25, 0.3) is 5.56 Å². The Balaban J connectivity index is 2.19. The summed E-state index contributed by atoms with van der Waals surface area (Å²) in [5.74, 6) is 0. The van der Waals surface area contributed by atoms with Crippen LogP contribution in [-0.4, -0.2) is 16.5 Å². The van der Waals surface area contributed by atoms with Crippen molar-refractivity contribution in [1.29, 1.82) is 0 Å². The summed E-state index contributed by atoms with van der Waals surface area (Å²) in [7, 11) is 0. The van der Waals surface area contributed by atoms with Gasteiger partial charge in [0.05, 0.1) is 0 Å². The van der Waals surface area contributed by atoms with Gasteiger partial charge in [0, 0.05) is 28.5 Å². The van der Waals surface area contributed by atoms with Crippen LogP contribution in [0.3, 0.4) is 0 Å². The van der Waals surface area contributed by atoms with E-state index in [4.69, 9.17) is 5.73 Å². The molecule has 2 aromatic rings. The van der Waals surface area contributed by atoms with Crippen LogP contribution in [0, 0.1) is 0 Å². The molecular formula is C12H12BrN3OS. The molecule has 1 aromatic heterocycles. The minimum Gasteiger partial charge on any atom is -0.329 e. The van der Waals surface area contributed by atoms with Gasteiger partial charge in [-0.05, 0) is 17.7 Å². The number of aromatic amines is 1. The molecule has 0 radical (unpaired) electrons. The van der Waals surface area contributed by atoms with Gasteiger partial charge in [-0.1, -0.05) is 39.8 Å². The zero-order valence-corrected chi connectivity index (χ0v) is 11.9. The summed E-state index contributed by atoms with van der Waals surface area (Å²) in [5.41, 5.74) is 6.73. The lowest BCUT2D eigenvalue weighted by molar-refractivity contribution is 0.897. The number of aromatic nitrogens is 2. The molecule has 1 aromatic carbocycles. The summed E-state index contributed by atoms with van der Waals surface area (Å²) < 4.78 is 1.03. The Kier molecular flexibility index (Phi) is 4.57. The first-order chi connectivity index (χ1) is 8.69. The van der Waals surface area contributed by atoms with E-state index < -0.39 is 0 Å². The molecule has 0 saturated carbocycles. The van der Waals surface area contributed by atoms with E-state index in [-0.39, 0.29) is 10.8 Å². The van der Waals surface area contributed by atoms with Crippen LogP contribution in [0.15, 0.2) is 51.0 Å². The van der Waals surface area contributed by atoms with E-state index in [0.717, 1.165) is 10.0 Å². The van der Waals surface area contributed by atoms with E-state index in [1.807, 2.05) is 24.3 Å². The highest BCUT2D eigenvalue weighted by Crippen LogP contribution is 2.32. The van der Waals surface area contributed by atoms with Crippen LogP contribution in [0.5, 0.6) is 0 Å². The van der Waals surface area contributed by atoms with Crippen molar-refractivity contribution >= 4 is 27.7 Å². The van der Waals surface area contributed by atoms with Gasteiger partial charge in [-0.2, -0.15) is 0 Å². The molecule has 0 aliphatic heterocycles. The van der Waals surface area contributed by atoms with Crippen molar-refractivity contribution in [2.45, 2.75) is 10.4 Å². The summed E-state index contributed by atoms with van der Waals surface area (Å²) in [6, 6.07) is 9.35. The molecule has 0 bridgehead atoms. The molecule has 0 fully saturated rings. The van der Waals surface area contributed by atoms with Crippen LogP contribution in [0.4, 0.5) is 0 Å². The number of rotatable bonds is 4. The quantitative estimate of drug-likeness (QED) is 0.668. The van der Waals surface area contributed by atoms with Gasteiger partial charge in [0.2, 0.25) is 0 Å². The molecule has 6 heteroatoms. The van der Waals surface area contributed by atoms with Crippen molar-refractivity contribution in [3.63, 3.8) is 0 Å². The lowest BCUT2D eigenvalue weighted by Crippen LogP contribution is -2.12. The van der Waals surface area contributed by atoms with Crippen LogP contribution in [0.1, 0.15) is 10.8 Å². The van der Waals surface area contributed by atoms with E-state index in [9.17, 15) is 4.79 Å². The van der Waals surface area contributed by atoms with E-state index >= 15 is 0 Å². The molecule has 0 saturated heterocycles. The van der Waals surface area contributed by atoms with E-state index in [1.165, 1.54) is 24.0 Å². The van der Waals surface area contributed by atoms with Gasteiger partial charge in [-0.25, -0.2) is 4.98 Å². The van der Waals surface area contributed by atoms with Crippen molar-refractivity contribution in [2.24, 2.45) is 5.73 Å². The second-order valence-electron chi connectivity index (χ2n) is 3.63. The average Bonchev–Trinajstić information content (AvgIpc) is 2.37. The van der Waals surface area contributed by atoms with Gasteiger partial charge in [0.1, 0.15) is 0 Å². The smallest absolute Gasteiger partial charge is 0.251 e. The lowest BCUT2D eigenvalue weighted by atomic mass is 10.1. The fraction of sp³-hybridized carbons (Fsp3) is 0.167. The third-order valence-electron chi connectivity index (χ3n) is 2.36. The summed E-state index contributed by atoms with van der Waals surface area (Å²) >= 11 is 4.85. The molecule has 0 aliphatic rings. The molecule has 4 nitrogen and oxygen atoms in total. The maximum atomic E-state index is 11.2. The summed E-state index contributed by atoms with van der Waals surface area (Å²) in [6.07, 6.45) is 1.50. The largest absolute Gasteiger partial charge is 0.329 e. The number of thioether (sulfide) groups is 1. The second kappa shape index (κ2) is 6.17. The number of benzene rings is 1. The SMILES string of the molecule is NCC(Sc1nccc(=O)[nH]1)c1ccc(Br)cc1. The molecule has 1 unspecified atom stereocenters. The van der Waals surface area contributed by atoms with Gasteiger partial charge in [0.15, 0.2) is 5.16 Å². The van der Waals surface area contributed by atoms with Crippen molar-refractivity contribution in [2.75, 3.05) is 6.54 Å². The first kappa shape index (κ1) is 13.3. The van der Waals surface area contributed by atoms with Crippen LogP contribution in [0.25, 0.3) is 0 Å². The highest BCUT2D eigenvalue weighted by molar-refractivity contribution is 9.10. The fourth-order valence-corrected chi connectivity index (χ4v) is 2.68. The highest BCUT2D eigenvalue weighted by atomic mass is 79.9. The van der Waals surface area contributed by atoms with Crippen LogP contribution in [0.2, 0.25) is 0 Å². The number of hydrogen-bond acceptors (Lipinski definition) is 4. The Hall–Kier alpha value is -1.11. The Morgan fingerprint density at radius 3 is 2.67 bits per heavy atom. The molecule has 3 N–H and O–H groups in total. The predicted octanol–water partition coefficient (Wildman–Crippen LogP) is 2.32. The van der Waals surface area contributed by atoms with Crippen molar-refractivity contribution in [3.8, 4) is 0 Å². The monoisotopic (exact) mass is 325 g/mol. The van der Waals surface area contributed by atoms with Gasteiger partial charge < -0.3 is 10.7 Å². The Bertz CT molecular complexity index is 570. The van der Waals surface area contributed by atoms with Crippen LogP contribution in [-0.2, 0) is 0 Å². The van der Waals surface area contributed by atoms with E-state index in [1.54, 1.807) is 0 Å². The van der Waals surface area contributed by atoms with Crippen LogP contribution < -0.4 is 11.3 Å². The molecule has 1 heterocycles. The van der Waals surface area contributed by atoms with Gasteiger partial charge in [-0.15, -0.1) is 0 Å². The Morgan fingerprint density at radius 1 is 1.33 bits per heavy atom. The number of hydrogen-bond donors (Lipinski definition) is 2. The second-order valence-corrected chi connectivity index (χ2v) is 5.74. The van der Waals surface area contributed by atoms with Gasteiger partial charge >= 0.3 is 0 Å². The summed E-state index contributed by atoms with van der Waals surface area (Å²) in [5, 5.41) is 0.657. The van der Waals surface area contributed by atoms with Gasteiger partial charge in [-0.3, -0.25) is 4.79 Å². The van der Waals surface area contributed by atoms with Crippen molar-refractivity contribution in [1.82, 2.24) is 9.97 Å². The highest BCUT2D eigenvalue weighted by Gasteiger charge is 2.12. The van der Waals surface area contributed by atoms with E-state index in [0.29, 0.717) is 11.7 Å². The summed E-state index contributed by atoms with van der Waals surface area (Å²) in [6.45, 7) is 0.477. The molecule has 94 valence electrons. The molecule has 0 amide bonds. The number of nitrogens with one attached hydrogen (secondary N) is 1. The first-order valence-corrected chi connectivity index (χ1v) is 7.04. The fourth-order valence-electron chi connectivity index (χ4n) is 1.48. The zero-order chi connectivity index (χ0) is 13.0. The molecule has 0 spiro atoms. The van der Waals surface area contributed by atoms with Crippen molar-refractivity contribution in [3.05, 3.63) is 56.9 Å². The maximum absolute atomic E-state index is 11.2. The lowest BCUT2D eigenvalue weighted by Gasteiger charge is -2.13. The Morgan fingerprint density at radius 2 is 2.06 bits per heavy atom. The predicted molar refractivity (Wildman–Crippen MR) is 76.7 cm³/mol.